The zero-order chi connectivity index (χ0) is 23.5. The van der Waals surface area contributed by atoms with Gasteiger partial charge in [-0.15, -0.1) is 0 Å². The lowest BCUT2D eigenvalue weighted by Gasteiger charge is -2.44. The average Bonchev–Trinajstić information content (AvgIpc) is 2.79. The van der Waals surface area contributed by atoms with Crippen molar-refractivity contribution in [3.8, 4) is 11.8 Å². The van der Waals surface area contributed by atoms with E-state index in [0.29, 0.717) is 18.3 Å². The van der Waals surface area contributed by atoms with Gasteiger partial charge in [0.05, 0.1) is 5.56 Å². The lowest BCUT2D eigenvalue weighted by Crippen LogP contribution is -2.36. The summed E-state index contributed by atoms with van der Waals surface area (Å²) in [5, 5.41) is 8.73. The number of fused-ring (bicyclic) bond motifs is 1. The van der Waals surface area contributed by atoms with Crippen molar-refractivity contribution in [2.75, 3.05) is 0 Å². The first kappa shape index (κ1) is 23.4. The SMILES string of the molecule is CCCC1CCC2CC(c3ccc(C(=O)Oc4cc(F)c(C#N)c(F)c4)cc3)C(F)CC2C1. The van der Waals surface area contributed by atoms with Crippen LogP contribution in [0.25, 0.3) is 0 Å². The molecule has 0 N–H and O–H groups in total. The minimum absolute atomic E-state index is 0.180. The normalized spacial score (nSPS) is 26.8. The fourth-order valence-electron chi connectivity index (χ4n) is 5.71. The molecule has 5 unspecified atom stereocenters. The van der Waals surface area contributed by atoms with Gasteiger partial charge in [0, 0.05) is 18.1 Å². The Labute approximate surface area is 192 Å². The zero-order valence-electron chi connectivity index (χ0n) is 18.7. The van der Waals surface area contributed by atoms with Crippen molar-refractivity contribution < 1.29 is 22.7 Å². The molecule has 2 aliphatic carbocycles. The van der Waals surface area contributed by atoms with Crippen molar-refractivity contribution in [1.29, 1.82) is 5.26 Å². The van der Waals surface area contributed by atoms with Crippen LogP contribution in [0.1, 0.15) is 79.3 Å². The van der Waals surface area contributed by atoms with Crippen LogP contribution in [0.2, 0.25) is 0 Å². The number of nitrogens with zero attached hydrogens (tertiary/aromatic N) is 1. The van der Waals surface area contributed by atoms with Crippen LogP contribution in [0.5, 0.6) is 5.75 Å². The van der Waals surface area contributed by atoms with E-state index in [1.54, 1.807) is 24.3 Å². The molecule has 2 saturated carbocycles. The monoisotopic (exact) mass is 455 g/mol. The van der Waals surface area contributed by atoms with Crippen LogP contribution in [-0.4, -0.2) is 12.1 Å². The van der Waals surface area contributed by atoms with Crippen LogP contribution in [0.15, 0.2) is 36.4 Å². The van der Waals surface area contributed by atoms with Crippen molar-refractivity contribution in [2.24, 2.45) is 17.8 Å². The molecule has 2 aromatic carbocycles. The van der Waals surface area contributed by atoms with E-state index in [1.807, 2.05) is 0 Å². The maximum Gasteiger partial charge on any atom is 0.343 e. The van der Waals surface area contributed by atoms with Crippen molar-refractivity contribution in [2.45, 2.75) is 64.0 Å². The summed E-state index contributed by atoms with van der Waals surface area (Å²) in [6.45, 7) is 2.21. The largest absolute Gasteiger partial charge is 0.423 e. The smallest absolute Gasteiger partial charge is 0.343 e. The van der Waals surface area contributed by atoms with Crippen LogP contribution in [0, 0.1) is 40.7 Å². The number of benzene rings is 2. The molecule has 33 heavy (non-hydrogen) atoms. The van der Waals surface area contributed by atoms with Crippen molar-refractivity contribution in [1.82, 2.24) is 0 Å². The second kappa shape index (κ2) is 9.99. The minimum atomic E-state index is -1.09. The topological polar surface area (TPSA) is 50.1 Å². The molecule has 4 rings (SSSR count). The molecule has 0 aromatic heterocycles. The van der Waals surface area contributed by atoms with Crippen molar-refractivity contribution >= 4 is 5.97 Å². The van der Waals surface area contributed by atoms with Crippen LogP contribution >= 0.6 is 0 Å². The minimum Gasteiger partial charge on any atom is -0.423 e. The molecule has 2 fully saturated rings. The Bertz CT molecular complexity index is 1020. The number of ether oxygens (including phenoxy) is 1. The van der Waals surface area contributed by atoms with Crippen LogP contribution in [0.4, 0.5) is 13.2 Å². The van der Waals surface area contributed by atoms with Gasteiger partial charge in [-0.25, -0.2) is 18.0 Å². The van der Waals surface area contributed by atoms with Gasteiger partial charge in [-0.05, 0) is 61.1 Å². The van der Waals surface area contributed by atoms with E-state index in [0.717, 1.165) is 36.5 Å². The first-order chi connectivity index (χ1) is 15.9. The molecule has 2 aliphatic rings. The predicted octanol–water partition coefficient (Wildman–Crippen LogP) is 7.10. The standard InChI is InChI=1S/C27H28F3NO2/c1-2-3-16-4-5-19-11-22(24(28)12-20(19)10-16)17-6-8-18(9-7-17)27(32)33-21-13-25(29)23(15-31)26(30)14-21/h6-9,13-14,16,19-20,22,24H,2-5,10-12H2,1H3. The number of esters is 1. The lowest BCUT2D eigenvalue weighted by molar-refractivity contribution is 0.0604. The van der Waals surface area contributed by atoms with Crippen LogP contribution in [0.3, 0.4) is 0 Å². The molecule has 0 aliphatic heterocycles. The summed E-state index contributed by atoms with van der Waals surface area (Å²) in [5.41, 5.74) is 0.338. The Morgan fingerprint density at radius 3 is 2.39 bits per heavy atom. The number of halogens is 3. The molecular formula is C27H28F3NO2. The van der Waals surface area contributed by atoms with E-state index in [1.165, 1.54) is 31.8 Å². The third-order valence-corrected chi connectivity index (χ3v) is 7.38. The summed E-state index contributed by atoms with van der Waals surface area (Å²) in [6, 6.07) is 9.64. The first-order valence-corrected chi connectivity index (χ1v) is 11.7. The van der Waals surface area contributed by atoms with Gasteiger partial charge >= 0.3 is 5.97 Å². The third kappa shape index (κ3) is 5.08. The molecule has 3 nitrogen and oxygen atoms in total. The maximum atomic E-state index is 15.1. The Balaban J connectivity index is 1.41. The molecule has 0 heterocycles. The Kier molecular flexibility index (Phi) is 7.07. The summed E-state index contributed by atoms with van der Waals surface area (Å²) >= 11 is 0. The highest BCUT2D eigenvalue weighted by Gasteiger charge is 2.40. The van der Waals surface area contributed by atoms with Crippen molar-refractivity contribution in [3.63, 3.8) is 0 Å². The number of hydrogen-bond acceptors (Lipinski definition) is 3. The molecule has 6 heteroatoms. The van der Waals surface area contributed by atoms with E-state index in [9.17, 15) is 13.6 Å². The summed E-state index contributed by atoms with van der Waals surface area (Å²) in [7, 11) is 0. The number of alkyl halides is 1. The number of nitriles is 1. The van der Waals surface area contributed by atoms with Crippen LogP contribution < -0.4 is 4.74 Å². The van der Waals surface area contributed by atoms with Gasteiger partial charge in [-0.3, -0.25) is 0 Å². The predicted molar refractivity (Wildman–Crippen MR) is 119 cm³/mol. The maximum absolute atomic E-state index is 15.1. The average molecular weight is 456 g/mol. The fourth-order valence-corrected chi connectivity index (χ4v) is 5.71. The van der Waals surface area contributed by atoms with E-state index in [-0.39, 0.29) is 17.2 Å². The molecule has 0 saturated heterocycles. The van der Waals surface area contributed by atoms with Gasteiger partial charge in [0.2, 0.25) is 0 Å². The van der Waals surface area contributed by atoms with Gasteiger partial charge in [-0.2, -0.15) is 5.26 Å². The number of carbonyl (C=O) groups is 1. The second-order valence-corrected chi connectivity index (χ2v) is 9.47. The van der Waals surface area contributed by atoms with E-state index in [2.05, 4.69) is 6.92 Å². The zero-order valence-corrected chi connectivity index (χ0v) is 18.7. The summed E-state index contributed by atoms with van der Waals surface area (Å²) in [4.78, 5) is 12.4. The number of rotatable bonds is 5. The Morgan fingerprint density at radius 1 is 1.06 bits per heavy atom. The molecule has 5 atom stereocenters. The highest BCUT2D eigenvalue weighted by atomic mass is 19.1. The quantitative estimate of drug-likeness (QED) is 0.357. The summed E-state index contributed by atoms with van der Waals surface area (Å²) in [6.07, 6.45) is 6.52. The number of hydrogen-bond donors (Lipinski definition) is 0. The molecule has 0 radical (unpaired) electrons. The lowest BCUT2D eigenvalue weighted by atomic mass is 9.62. The molecular weight excluding hydrogens is 427 g/mol. The number of carbonyl (C=O) groups excluding carboxylic acids is 1. The van der Waals surface area contributed by atoms with Gasteiger partial charge in [-0.1, -0.05) is 38.3 Å². The van der Waals surface area contributed by atoms with E-state index in [4.69, 9.17) is 10.00 Å². The van der Waals surface area contributed by atoms with Gasteiger partial charge in [0.25, 0.3) is 0 Å². The summed E-state index contributed by atoms with van der Waals surface area (Å²) in [5.74, 6) is -1.69. The molecule has 2 aromatic rings. The highest BCUT2D eigenvalue weighted by Crippen LogP contribution is 2.49. The molecule has 0 amide bonds. The fraction of sp³-hybridized carbons (Fsp3) is 0.481. The van der Waals surface area contributed by atoms with E-state index < -0.39 is 29.3 Å². The first-order valence-electron chi connectivity index (χ1n) is 11.7. The van der Waals surface area contributed by atoms with Crippen molar-refractivity contribution in [3.05, 3.63) is 64.7 Å². The summed E-state index contributed by atoms with van der Waals surface area (Å²) < 4.78 is 47.7. The Morgan fingerprint density at radius 2 is 1.76 bits per heavy atom. The van der Waals surface area contributed by atoms with E-state index >= 15 is 4.39 Å². The second-order valence-electron chi connectivity index (χ2n) is 9.47. The highest BCUT2D eigenvalue weighted by molar-refractivity contribution is 5.91. The molecule has 0 spiro atoms. The van der Waals surface area contributed by atoms with Gasteiger partial charge < -0.3 is 4.74 Å². The Hall–Kier alpha value is -2.81. The van der Waals surface area contributed by atoms with Gasteiger partial charge in [0.1, 0.15) is 35.2 Å². The van der Waals surface area contributed by atoms with Crippen LogP contribution in [-0.2, 0) is 0 Å². The molecule has 0 bridgehead atoms. The third-order valence-electron chi connectivity index (χ3n) is 7.38. The van der Waals surface area contributed by atoms with Gasteiger partial charge in [0.15, 0.2) is 0 Å². The molecule has 174 valence electrons.